The van der Waals surface area contributed by atoms with Crippen LogP contribution in [-0.4, -0.2) is 36.2 Å². The van der Waals surface area contributed by atoms with Gasteiger partial charge in [0.2, 0.25) is 0 Å². The zero-order valence-corrected chi connectivity index (χ0v) is 15.6. The molecule has 2 aromatic carbocycles. The summed E-state index contributed by atoms with van der Waals surface area (Å²) in [6.45, 7) is 0.221. The number of aliphatic hydroxyl groups excluding tert-OH is 1. The van der Waals surface area contributed by atoms with E-state index in [-0.39, 0.29) is 31.4 Å². The summed E-state index contributed by atoms with van der Waals surface area (Å²) in [5, 5.41) is 10.1. The monoisotopic (exact) mass is 421 g/mol. The summed E-state index contributed by atoms with van der Waals surface area (Å²) in [7, 11) is 1.52. The van der Waals surface area contributed by atoms with Crippen molar-refractivity contribution in [1.29, 1.82) is 0 Å². The highest BCUT2D eigenvalue weighted by atomic mass is 79.9. The molecule has 0 spiro atoms. The van der Waals surface area contributed by atoms with E-state index in [1.807, 2.05) is 0 Å². The number of hydrogen-bond donors (Lipinski definition) is 1. The lowest BCUT2D eigenvalue weighted by molar-refractivity contribution is 0.0707. The van der Waals surface area contributed by atoms with E-state index in [1.165, 1.54) is 24.1 Å². The number of amides is 1. The van der Waals surface area contributed by atoms with Gasteiger partial charge in [0.15, 0.2) is 4.67 Å². The van der Waals surface area contributed by atoms with Crippen LogP contribution in [0.4, 0.5) is 4.39 Å². The molecule has 3 aromatic rings. The molecule has 0 aliphatic heterocycles. The molecular weight excluding hydrogens is 405 g/mol. The number of hydrogen-bond acceptors (Lipinski definition) is 4. The van der Waals surface area contributed by atoms with Crippen LogP contribution in [0.15, 0.2) is 51.6 Å². The highest BCUT2D eigenvalue weighted by Crippen LogP contribution is 2.33. The van der Waals surface area contributed by atoms with Gasteiger partial charge < -0.3 is 19.2 Å². The molecule has 0 radical (unpaired) electrons. The number of fused-ring (bicyclic) bond motifs is 1. The van der Waals surface area contributed by atoms with E-state index >= 15 is 0 Å². The summed E-state index contributed by atoms with van der Waals surface area (Å²) in [5.74, 6) is -0.102. The van der Waals surface area contributed by atoms with Crippen molar-refractivity contribution in [1.82, 2.24) is 4.90 Å². The SMILES string of the molecule is COc1cc(C(=O)N(CCO)Cc2ccc(F)cc2)cc2oc(Br)cc12. The van der Waals surface area contributed by atoms with Crippen molar-refractivity contribution in [2.24, 2.45) is 0 Å². The Hall–Kier alpha value is -2.38. The first-order chi connectivity index (χ1) is 12.5. The Morgan fingerprint density at radius 1 is 1.27 bits per heavy atom. The van der Waals surface area contributed by atoms with Crippen molar-refractivity contribution >= 4 is 32.8 Å². The van der Waals surface area contributed by atoms with E-state index in [4.69, 9.17) is 9.15 Å². The Labute approximate surface area is 158 Å². The summed E-state index contributed by atoms with van der Waals surface area (Å²) in [6.07, 6.45) is 0. The summed E-state index contributed by atoms with van der Waals surface area (Å²) in [4.78, 5) is 14.4. The zero-order chi connectivity index (χ0) is 18.7. The lowest BCUT2D eigenvalue weighted by Crippen LogP contribution is -2.33. The molecule has 0 saturated carbocycles. The van der Waals surface area contributed by atoms with Gasteiger partial charge in [-0.25, -0.2) is 4.39 Å². The number of nitrogens with zero attached hydrogens (tertiary/aromatic N) is 1. The Balaban J connectivity index is 1.93. The van der Waals surface area contributed by atoms with Crippen LogP contribution in [0.2, 0.25) is 0 Å². The molecule has 0 unspecified atom stereocenters. The smallest absolute Gasteiger partial charge is 0.254 e. The molecule has 0 saturated heterocycles. The Bertz CT molecular complexity index is 923. The van der Waals surface area contributed by atoms with Crippen molar-refractivity contribution in [3.63, 3.8) is 0 Å². The second kappa shape index (κ2) is 7.88. The van der Waals surface area contributed by atoms with Crippen molar-refractivity contribution in [3.05, 3.63) is 64.1 Å². The molecule has 136 valence electrons. The van der Waals surface area contributed by atoms with Gasteiger partial charge >= 0.3 is 0 Å². The number of aliphatic hydroxyl groups is 1. The molecule has 1 heterocycles. The van der Waals surface area contributed by atoms with E-state index in [0.29, 0.717) is 21.6 Å². The summed E-state index contributed by atoms with van der Waals surface area (Å²) in [5.41, 5.74) is 1.67. The van der Waals surface area contributed by atoms with Gasteiger partial charge in [0.25, 0.3) is 5.91 Å². The minimum atomic E-state index is -0.340. The minimum absolute atomic E-state index is 0.151. The van der Waals surface area contributed by atoms with Crippen molar-refractivity contribution in [2.45, 2.75) is 6.54 Å². The van der Waals surface area contributed by atoms with Crippen molar-refractivity contribution < 1.29 is 23.4 Å². The third kappa shape index (κ3) is 3.89. The first-order valence-corrected chi connectivity index (χ1v) is 8.72. The number of methoxy groups -OCH3 is 1. The second-order valence-corrected chi connectivity index (χ2v) is 6.50. The van der Waals surface area contributed by atoms with Gasteiger partial charge in [0.05, 0.1) is 19.1 Å². The summed E-state index contributed by atoms with van der Waals surface area (Å²) in [6, 6.07) is 11.0. The molecule has 0 fully saturated rings. The molecule has 0 atom stereocenters. The van der Waals surface area contributed by atoms with Crippen LogP contribution >= 0.6 is 15.9 Å². The lowest BCUT2D eigenvalue weighted by Gasteiger charge is -2.22. The number of ether oxygens (including phenoxy) is 1. The van der Waals surface area contributed by atoms with Gasteiger partial charge in [0.1, 0.15) is 17.1 Å². The van der Waals surface area contributed by atoms with Crippen LogP contribution in [0.25, 0.3) is 11.0 Å². The van der Waals surface area contributed by atoms with Gasteiger partial charge in [-0.1, -0.05) is 12.1 Å². The van der Waals surface area contributed by atoms with Gasteiger partial charge in [-0.05, 0) is 45.8 Å². The maximum Gasteiger partial charge on any atom is 0.254 e. The first kappa shape index (κ1) is 18.4. The average molecular weight is 422 g/mol. The second-order valence-electron chi connectivity index (χ2n) is 5.72. The van der Waals surface area contributed by atoms with E-state index in [9.17, 15) is 14.3 Å². The molecule has 3 rings (SSSR count). The van der Waals surface area contributed by atoms with Gasteiger partial charge in [0, 0.05) is 24.7 Å². The minimum Gasteiger partial charge on any atom is -0.496 e. The standard InChI is InChI=1S/C19H17BrFNO4/c1-25-16-8-13(9-17-15(16)10-18(20)26-17)19(24)22(6-7-23)11-12-2-4-14(21)5-3-12/h2-5,8-10,23H,6-7,11H2,1H3. The molecule has 1 N–H and O–H groups in total. The maximum absolute atomic E-state index is 13.1. The van der Waals surface area contributed by atoms with Gasteiger partial charge in [-0.15, -0.1) is 0 Å². The highest BCUT2D eigenvalue weighted by molar-refractivity contribution is 9.10. The Morgan fingerprint density at radius 2 is 2.00 bits per heavy atom. The number of carbonyl (C=O) groups excluding carboxylic acids is 1. The molecule has 7 heteroatoms. The molecule has 1 amide bonds. The number of halogens is 2. The predicted octanol–water partition coefficient (Wildman–Crippen LogP) is 3.98. The van der Waals surface area contributed by atoms with Crippen LogP contribution in [0.3, 0.4) is 0 Å². The molecule has 0 bridgehead atoms. The van der Waals surface area contributed by atoms with E-state index in [1.54, 1.807) is 30.3 Å². The average Bonchev–Trinajstić information content (AvgIpc) is 3.01. The normalized spacial score (nSPS) is 10.9. The third-order valence-electron chi connectivity index (χ3n) is 3.98. The lowest BCUT2D eigenvalue weighted by atomic mass is 10.1. The summed E-state index contributed by atoms with van der Waals surface area (Å²) >= 11 is 3.27. The topological polar surface area (TPSA) is 62.9 Å². The van der Waals surface area contributed by atoms with E-state index < -0.39 is 0 Å². The number of carbonyl (C=O) groups is 1. The molecule has 1 aromatic heterocycles. The largest absolute Gasteiger partial charge is 0.496 e. The molecule has 0 aliphatic carbocycles. The van der Waals surface area contributed by atoms with Gasteiger partial charge in [-0.2, -0.15) is 0 Å². The van der Waals surface area contributed by atoms with E-state index in [0.717, 1.165) is 10.9 Å². The van der Waals surface area contributed by atoms with Gasteiger partial charge in [-0.3, -0.25) is 4.79 Å². The number of furan rings is 1. The van der Waals surface area contributed by atoms with Crippen LogP contribution in [0.5, 0.6) is 5.75 Å². The third-order valence-corrected chi connectivity index (χ3v) is 4.37. The van der Waals surface area contributed by atoms with Crippen LogP contribution in [0, 0.1) is 5.82 Å². The van der Waals surface area contributed by atoms with Crippen molar-refractivity contribution in [3.8, 4) is 5.75 Å². The summed E-state index contributed by atoms with van der Waals surface area (Å²) < 4.78 is 24.5. The fourth-order valence-corrected chi connectivity index (χ4v) is 3.14. The molecular formula is C19H17BrFNO4. The predicted molar refractivity (Wildman–Crippen MR) is 98.7 cm³/mol. The quantitative estimate of drug-likeness (QED) is 0.653. The number of benzene rings is 2. The first-order valence-electron chi connectivity index (χ1n) is 7.93. The van der Waals surface area contributed by atoms with Crippen LogP contribution < -0.4 is 4.74 Å². The van der Waals surface area contributed by atoms with Crippen molar-refractivity contribution in [2.75, 3.05) is 20.3 Å². The van der Waals surface area contributed by atoms with Crippen LogP contribution in [-0.2, 0) is 6.54 Å². The fraction of sp³-hybridized carbons (Fsp3) is 0.211. The van der Waals surface area contributed by atoms with E-state index in [2.05, 4.69) is 15.9 Å². The number of rotatable bonds is 6. The maximum atomic E-state index is 13.1. The Morgan fingerprint density at radius 3 is 2.65 bits per heavy atom. The zero-order valence-electron chi connectivity index (χ0n) is 14.0. The molecule has 0 aliphatic rings. The fourth-order valence-electron chi connectivity index (χ4n) is 2.73. The molecule has 5 nitrogen and oxygen atoms in total. The highest BCUT2D eigenvalue weighted by Gasteiger charge is 2.19. The van der Waals surface area contributed by atoms with Crippen LogP contribution in [0.1, 0.15) is 15.9 Å². The molecule has 26 heavy (non-hydrogen) atoms. The Kier molecular flexibility index (Phi) is 5.58.